The highest BCUT2D eigenvalue weighted by Gasteiger charge is 2.29. The second-order valence-electron chi connectivity index (χ2n) is 15.3. The highest BCUT2D eigenvalue weighted by Crippen LogP contribution is 2.39. The number of aryl methyl sites for hydroxylation is 2. The molecule has 5 heterocycles. The molecule has 0 unspecified atom stereocenters. The molecule has 17 heteroatoms. The summed E-state index contributed by atoms with van der Waals surface area (Å²) in [6, 6.07) is 7.69. The van der Waals surface area contributed by atoms with E-state index in [2.05, 4.69) is 15.6 Å². The molecular weight excluding hydrogens is 818 g/mol. The highest BCUT2D eigenvalue weighted by atomic mass is 35.5. The van der Waals surface area contributed by atoms with E-state index >= 15 is 0 Å². The van der Waals surface area contributed by atoms with Crippen LogP contribution >= 0.6 is 22.9 Å². The van der Waals surface area contributed by atoms with E-state index in [-0.39, 0.29) is 36.1 Å². The van der Waals surface area contributed by atoms with Gasteiger partial charge in [-0.15, -0.1) is 11.3 Å². The number of aliphatic hydroxyl groups is 1. The average molecular weight is 879 g/mol. The zero-order valence-corrected chi connectivity index (χ0v) is 37.6. The fraction of sp³-hybridized carbons (Fsp3) is 0.500. The zero-order chi connectivity index (χ0) is 44.1. The van der Waals surface area contributed by atoms with Crippen LogP contribution in [0.2, 0.25) is 5.02 Å². The highest BCUT2D eigenvalue weighted by molar-refractivity contribution is 7.16. The Balaban J connectivity index is 0.00000347. The van der Waals surface area contributed by atoms with Gasteiger partial charge in [0.15, 0.2) is 0 Å². The fourth-order valence-corrected chi connectivity index (χ4v) is 8.65. The van der Waals surface area contributed by atoms with Crippen molar-refractivity contribution in [3.8, 4) is 11.3 Å². The summed E-state index contributed by atoms with van der Waals surface area (Å²) < 4.78 is 1.79. The Morgan fingerprint density at radius 1 is 0.984 bits per heavy atom. The molecule has 6 rings (SSSR count). The minimum absolute atomic E-state index is 0.0328. The van der Waals surface area contributed by atoms with Gasteiger partial charge in [0.2, 0.25) is 29.5 Å². The molecule has 4 aromatic rings. The number of thiophene rings is 1. The number of aromatic amines is 1. The number of unbranched alkanes of at least 4 members (excludes halogenated alkanes) is 2. The van der Waals surface area contributed by atoms with Gasteiger partial charge in [-0.25, -0.2) is 0 Å². The Labute approximate surface area is 367 Å². The van der Waals surface area contributed by atoms with Gasteiger partial charge >= 0.3 is 0 Å². The van der Waals surface area contributed by atoms with Crippen LogP contribution in [-0.2, 0) is 49.9 Å². The Morgan fingerprint density at radius 3 is 2.51 bits per heavy atom. The molecule has 3 aromatic heterocycles. The molecule has 0 aliphatic carbocycles. The number of aromatic nitrogens is 3. The number of rotatable bonds is 18. The van der Waals surface area contributed by atoms with Crippen molar-refractivity contribution >= 4 is 68.4 Å². The predicted octanol–water partition coefficient (Wildman–Crippen LogP) is 4.68. The second kappa shape index (κ2) is 22.7. The number of likely N-dealkylation sites (N-methyl/N-ethyl adjacent to an activating group) is 1. The van der Waals surface area contributed by atoms with Crippen molar-refractivity contribution in [1.82, 2.24) is 40.1 Å². The summed E-state index contributed by atoms with van der Waals surface area (Å²) in [5, 5.41) is 22.6. The van der Waals surface area contributed by atoms with Crippen LogP contribution < -0.4 is 15.5 Å². The van der Waals surface area contributed by atoms with Crippen molar-refractivity contribution in [2.45, 2.75) is 78.8 Å². The first-order valence-electron chi connectivity index (χ1n) is 21.2. The van der Waals surface area contributed by atoms with Crippen molar-refractivity contribution in [3.05, 3.63) is 69.3 Å². The van der Waals surface area contributed by atoms with Gasteiger partial charge in [0, 0.05) is 109 Å². The first-order chi connectivity index (χ1) is 29.4. The number of nitrogens with zero attached hydrogens (tertiary/aromatic N) is 6. The van der Waals surface area contributed by atoms with E-state index in [4.69, 9.17) is 16.7 Å². The van der Waals surface area contributed by atoms with Gasteiger partial charge in [0.05, 0.1) is 22.8 Å². The third-order valence-corrected chi connectivity index (χ3v) is 12.3. The summed E-state index contributed by atoms with van der Waals surface area (Å²) in [7, 11) is 3.85. The van der Waals surface area contributed by atoms with Crippen LogP contribution in [0, 0.1) is 6.92 Å². The number of piperazine rings is 1. The monoisotopic (exact) mass is 877 g/mol. The number of carbonyl (C=O) groups is 5. The largest absolute Gasteiger partial charge is 0.387 e. The summed E-state index contributed by atoms with van der Waals surface area (Å²) in [5.41, 5.74) is 5.52. The lowest BCUT2D eigenvalue weighted by Crippen LogP contribution is -2.51. The fourth-order valence-electron chi connectivity index (χ4n) is 7.39. The van der Waals surface area contributed by atoms with Crippen molar-refractivity contribution in [1.29, 1.82) is 0 Å². The molecule has 0 bridgehead atoms. The summed E-state index contributed by atoms with van der Waals surface area (Å²) in [4.78, 5) is 74.1. The number of fused-ring (bicyclic) bond motifs is 3. The Morgan fingerprint density at radius 2 is 1.75 bits per heavy atom. The number of amides is 5. The van der Waals surface area contributed by atoms with Crippen LogP contribution in [0.25, 0.3) is 22.2 Å². The number of hydrogen-bond acceptors (Lipinski definition) is 9. The molecule has 61 heavy (non-hydrogen) atoms. The van der Waals surface area contributed by atoms with Gasteiger partial charge in [-0.1, -0.05) is 37.9 Å². The molecule has 4 N–H and O–H groups in total. The van der Waals surface area contributed by atoms with Crippen LogP contribution in [-0.4, -0.2) is 131 Å². The van der Waals surface area contributed by atoms with Crippen molar-refractivity contribution < 1.29 is 29.1 Å². The number of anilines is 1. The van der Waals surface area contributed by atoms with Crippen molar-refractivity contribution in [2.24, 2.45) is 0 Å². The number of hydrogen-bond donors (Lipinski definition) is 4. The quantitative estimate of drug-likeness (QED) is 0.0824. The molecule has 2 aliphatic heterocycles. The van der Waals surface area contributed by atoms with Gasteiger partial charge in [0.1, 0.15) is 13.2 Å². The van der Waals surface area contributed by atoms with Crippen LogP contribution in [0.4, 0.5) is 5.00 Å². The van der Waals surface area contributed by atoms with Gasteiger partial charge in [-0.2, -0.15) is 5.10 Å². The summed E-state index contributed by atoms with van der Waals surface area (Å²) in [6.45, 7) is 9.44. The normalized spacial score (nSPS) is 14.1. The summed E-state index contributed by atoms with van der Waals surface area (Å²) in [6.07, 6.45) is 9.47. The number of benzene rings is 1. The number of aliphatic hydroxyl groups excluding tert-OH is 1. The van der Waals surface area contributed by atoms with E-state index in [0.29, 0.717) is 89.5 Å². The molecule has 1 saturated heterocycles. The molecule has 330 valence electrons. The number of halogens is 1. The minimum atomic E-state index is -0.522. The van der Waals surface area contributed by atoms with Crippen LogP contribution in [0.3, 0.4) is 0 Å². The Hall–Kier alpha value is -5.03. The minimum Gasteiger partial charge on any atom is -0.387 e. The molecule has 0 saturated carbocycles. The number of nitrogens with one attached hydrogen (secondary N) is 3. The molecule has 0 radical (unpaired) electrons. The maximum Gasteiger partial charge on any atom is 0.248 e. The summed E-state index contributed by atoms with van der Waals surface area (Å²) in [5.74, 6) is -0.637. The third-order valence-electron chi connectivity index (χ3n) is 10.7. The third kappa shape index (κ3) is 12.5. The van der Waals surface area contributed by atoms with Gasteiger partial charge in [-0.3, -0.25) is 28.7 Å². The van der Waals surface area contributed by atoms with Gasteiger partial charge < -0.3 is 40.3 Å². The number of carbonyl (C=O) groups excluding carboxylic acids is 5. The van der Waals surface area contributed by atoms with E-state index in [1.807, 2.05) is 70.2 Å². The maximum absolute atomic E-state index is 12.8. The van der Waals surface area contributed by atoms with Crippen LogP contribution in [0.5, 0.6) is 0 Å². The lowest BCUT2D eigenvalue weighted by atomic mass is 9.97. The molecular formula is C44H60ClN9O6S. The van der Waals surface area contributed by atoms with E-state index in [9.17, 15) is 29.1 Å². The van der Waals surface area contributed by atoms with Crippen LogP contribution in [0.15, 0.2) is 42.6 Å². The molecule has 5 amide bonds. The van der Waals surface area contributed by atoms with E-state index in [1.165, 1.54) is 17.4 Å². The first kappa shape index (κ1) is 47.0. The lowest BCUT2D eigenvalue weighted by molar-refractivity contribution is -0.135. The maximum atomic E-state index is 12.8. The Kier molecular flexibility index (Phi) is 17.5. The van der Waals surface area contributed by atoms with E-state index in [0.717, 1.165) is 61.7 Å². The molecule has 1 fully saturated rings. The molecule has 15 nitrogen and oxygen atoms in total. The SMILES string of the molecule is CC.Cc1c(Cl)cc(-c2ccn(CCNC(=O)CCCCCNC(=O)CCc3ccc(N4CCN(C(=O)/C=C/CN(C)C)CC4=O)s3)n2)c2c3c([nH]c12)CCN(C(=O)CO)C3. The predicted molar refractivity (Wildman–Crippen MR) is 241 cm³/mol. The zero-order valence-electron chi connectivity index (χ0n) is 36.0. The van der Waals surface area contributed by atoms with Gasteiger partial charge in [0.25, 0.3) is 0 Å². The summed E-state index contributed by atoms with van der Waals surface area (Å²) >= 11 is 8.16. The van der Waals surface area contributed by atoms with Crippen molar-refractivity contribution in [3.63, 3.8) is 0 Å². The topological polar surface area (TPSA) is 176 Å². The van der Waals surface area contributed by atoms with Crippen LogP contribution in [0.1, 0.15) is 67.6 Å². The van der Waals surface area contributed by atoms with Crippen molar-refractivity contribution in [2.75, 3.05) is 71.4 Å². The van der Waals surface area contributed by atoms with E-state index in [1.54, 1.807) is 25.5 Å². The first-order valence-corrected chi connectivity index (χ1v) is 22.4. The lowest BCUT2D eigenvalue weighted by Gasteiger charge is -2.33. The number of H-pyrrole nitrogens is 1. The molecule has 0 atom stereocenters. The van der Waals surface area contributed by atoms with Gasteiger partial charge in [-0.05, 0) is 70.1 Å². The van der Waals surface area contributed by atoms with E-state index < -0.39 is 6.61 Å². The standard InChI is InChI=1S/C42H54ClN9O6S.C2H6/c1-28-32(43)24-30(41-31-25-49(39(58)27-53)19-14-33(31)46-42(28)41)34-15-20-51(47-34)21-17-45-35(54)8-5-4-6-16-44-36(55)12-10-29-11-13-40(59-29)52-23-22-50(26-38(52)57)37(56)9-7-18-48(2)3;1-2/h7,9,11,13,15,20,24,46,53H,4-6,8,10,12,14,16-19,21-23,25-27H2,1-3H3,(H,44,55)(H,45,54);1-2H3/b9-7+;. The molecule has 2 aliphatic rings. The second-order valence-corrected chi connectivity index (χ2v) is 16.8. The molecule has 0 spiro atoms. The average Bonchev–Trinajstić information content (AvgIpc) is 4.02. The molecule has 1 aromatic carbocycles. The Bertz CT molecular complexity index is 2190. The smallest absolute Gasteiger partial charge is 0.248 e.